The lowest BCUT2D eigenvalue weighted by molar-refractivity contribution is -0.138. The molecule has 1 aromatic carbocycles. The van der Waals surface area contributed by atoms with Gasteiger partial charge >= 0.3 is 5.97 Å². The van der Waals surface area contributed by atoms with Gasteiger partial charge in [0.2, 0.25) is 11.8 Å². The lowest BCUT2D eigenvalue weighted by Gasteiger charge is -2.22. The number of primary amides is 1. The van der Waals surface area contributed by atoms with Crippen LogP contribution in [0.4, 0.5) is 10.1 Å². The Morgan fingerprint density at radius 2 is 1.89 bits per heavy atom. The average Bonchev–Trinajstić information content (AvgIpc) is 3.49. The lowest BCUT2D eigenvalue weighted by atomic mass is 10.2. The van der Waals surface area contributed by atoms with Crippen molar-refractivity contribution in [3.05, 3.63) is 42.2 Å². The summed E-state index contributed by atoms with van der Waals surface area (Å²) in [7, 11) is 0. The molecule has 0 bridgehead atoms. The summed E-state index contributed by atoms with van der Waals surface area (Å²) in [5.41, 5.74) is 5.78. The van der Waals surface area contributed by atoms with Crippen molar-refractivity contribution in [2.24, 2.45) is 17.6 Å². The van der Waals surface area contributed by atoms with Gasteiger partial charge in [-0.25, -0.2) is 4.39 Å². The fourth-order valence-electron chi connectivity index (χ4n) is 3.73. The Bertz CT molecular complexity index is 816. The van der Waals surface area contributed by atoms with Crippen molar-refractivity contribution in [1.29, 1.82) is 0 Å². The minimum Gasteiger partial charge on any atom is -0.481 e. The van der Waals surface area contributed by atoms with Crippen molar-refractivity contribution in [2.45, 2.75) is 85.6 Å². The Kier molecular flexibility index (Phi) is 17.8. The van der Waals surface area contributed by atoms with Crippen LogP contribution in [0.2, 0.25) is 0 Å². The van der Waals surface area contributed by atoms with Gasteiger partial charge in [0, 0.05) is 12.2 Å². The van der Waals surface area contributed by atoms with Crippen molar-refractivity contribution in [1.82, 2.24) is 4.90 Å². The zero-order valence-electron chi connectivity index (χ0n) is 22.6. The van der Waals surface area contributed by atoms with Gasteiger partial charge in [0.25, 0.3) is 0 Å². The van der Waals surface area contributed by atoms with Gasteiger partial charge in [-0.3, -0.25) is 14.4 Å². The minimum absolute atomic E-state index is 0.0211. The maximum atomic E-state index is 13.0. The number of rotatable bonds is 10. The van der Waals surface area contributed by atoms with Crippen LogP contribution in [0.5, 0.6) is 0 Å². The first-order valence-electron chi connectivity index (χ1n) is 13.3. The summed E-state index contributed by atoms with van der Waals surface area (Å²) in [5.74, 6) is -1.43. The van der Waals surface area contributed by atoms with E-state index in [1.807, 2.05) is 27.7 Å². The van der Waals surface area contributed by atoms with Crippen molar-refractivity contribution >= 4 is 23.5 Å². The van der Waals surface area contributed by atoms with Gasteiger partial charge in [0.05, 0.1) is 12.5 Å². The molecule has 0 spiro atoms. The highest BCUT2D eigenvalue weighted by atomic mass is 19.1. The molecule has 8 heteroatoms. The molecule has 36 heavy (non-hydrogen) atoms. The number of unbranched alkanes of at least 4 members (excludes halogenated alkanes) is 3. The molecule has 1 aromatic rings. The molecule has 3 rings (SSSR count). The standard InChI is InChI=1S/C13H16FN3O2.C11H18O2.2C2H6/c14-9-3-1-4-10(7-9)16-8-12(18)17-6-2-5-11(17)13(15)19;1-2-3-4-5-6-7-9-8-10(9)11(12)13;2*1-2/h1,3-4,7,11,16H,2,5-6,8H2,(H2,15,19);6-7,9-10H,2-5,8H2,1H3,(H,12,13);2*1-2H3/b;7-6-;;. The first-order valence-corrected chi connectivity index (χ1v) is 13.3. The molecule has 7 nitrogen and oxygen atoms in total. The van der Waals surface area contributed by atoms with E-state index in [0.717, 1.165) is 19.3 Å². The Morgan fingerprint density at radius 1 is 1.19 bits per heavy atom. The third-order valence-corrected chi connectivity index (χ3v) is 5.68. The number of allylic oxidation sites excluding steroid dienone is 2. The van der Waals surface area contributed by atoms with Gasteiger partial charge < -0.3 is 21.1 Å². The molecule has 0 radical (unpaired) electrons. The van der Waals surface area contributed by atoms with Crippen molar-refractivity contribution in [3.8, 4) is 0 Å². The molecular weight excluding hydrogens is 461 g/mol. The van der Waals surface area contributed by atoms with Crippen molar-refractivity contribution in [3.63, 3.8) is 0 Å². The Morgan fingerprint density at radius 3 is 2.44 bits per heavy atom. The number of halogens is 1. The van der Waals surface area contributed by atoms with Crippen LogP contribution in [0, 0.1) is 17.7 Å². The molecular formula is C28H46FN3O4. The molecule has 0 aromatic heterocycles. The highest BCUT2D eigenvalue weighted by molar-refractivity contribution is 5.89. The van der Waals surface area contributed by atoms with Gasteiger partial charge in [0.1, 0.15) is 11.9 Å². The number of nitrogens with zero attached hydrogens (tertiary/aromatic N) is 1. The molecule has 4 N–H and O–H groups in total. The van der Waals surface area contributed by atoms with Crippen LogP contribution < -0.4 is 11.1 Å². The number of aliphatic carboxylic acids is 1. The molecule has 1 aliphatic heterocycles. The number of hydrogen-bond acceptors (Lipinski definition) is 4. The summed E-state index contributed by atoms with van der Waals surface area (Å²) in [6.07, 6.45) is 11.3. The summed E-state index contributed by atoms with van der Waals surface area (Å²) >= 11 is 0. The van der Waals surface area contributed by atoms with Gasteiger partial charge in [-0.1, -0.05) is 65.7 Å². The molecule has 3 atom stereocenters. The van der Waals surface area contributed by atoms with Crippen molar-refractivity contribution < 1.29 is 23.9 Å². The Balaban J connectivity index is 0.000000630. The first-order chi connectivity index (χ1) is 17.3. The third kappa shape index (κ3) is 12.7. The second-order valence-corrected chi connectivity index (χ2v) is 8.28. The topological polar surface area (TPSA) is 113 Å². The maximum absolute atomic E-state index is 13.0. The van der Waals surface area contributed by atoms with E-state index in [0.29, 0.717) is 24.6 Å². The predicted octanol–water partition coefficient (Wildman–Crippen LogP) is 5.61. The van der Waals surface area contributed by atoms with Gasteiger partial charge in [-0.05, 0) is 56.2 Å². The van der Waals surface area contributed by atoms with E-state index in [4.69, 9.17) is 10.8 Å². The quantitative estimate of drug-likeness (QED) is 0.281. The Hall–Kier alpha value is -2.90. The van der Waals surface area contributed by atoms with Crippen molar-refractivity contribution in [2.75, 3.05) is 18.4 Å². The van der Waals surface area contributed by atoms with E-state index in [2.05, 4.69) is 24.4 Å². The molecule has 1 saturated carbocycles. The highest BCUT2D eigenvalue weighted by Gasteiger charge is 2.40. The van der Waals surface area contributed by atoms with Gasteiger partial charge in [-0.2, -0.15) is 0 Å². The number of benzene rings is 1. The summed E-state index contributed by atoms with van der Waals surface area (Å²) < 4.78 is 13.0. The van der Waals surface area contributed by atoms with E-state index in [1.54, 1.807) is 12.1 Å². The largest absolute Gasteiger partial charge is 0.481 e. The van der Waals surface area contributed by atoms with Gasteiger partial charge in [-0.15, -0.1) is 0 Å². The molecule has 204 valence electrons. The van der Waals surface area contributed by atoms with E-state index in [1.165, 1.54) is 36.3 Å². The SMILES string of the molecule is CC.CC.CCCCC/C=C\C1CC1C(=O)O.NC(=O)C1CCCN1C(=O)CNc1cccc(F)c1. The molecule has 2 aliphatic rings. The van der Waals surface area contributed by atoms with Crippen LogP contribution in [0.1, 0.15) is 79.6 Å². The Labute approximate surface area is 216 Å². The number of carbonyl (C=O) groups excluding carboxylic acids is 2. The fourth-order valence-corrected chi connectivity index (χ4v) is 3.73. The number of amides is 2. The summed E-state index contributed by atoms with van der Waals surface area (Å²) in [6, 6.07) is 5.36. The van der Waals surface area contributed by atoms with Crippen LogP contribution in [0.3, 0.4) is 0 Å². The molecule has 2 amide bonds. The molecule has 1 heterocycles. The zero-order chi connectivity index (χ0) is 27.5. The minimum atomic E-state index is -0.636. The second-order valence-electron chi connectivity index (χ2n) is 8.28. The third-order valence-electron chi connectivity index (χ3n) is 5.68. The number of likely N-dealkylation sites (tertiary alicyclic amines) is 1. The molecule has 1 aliphatic carbocycles. The fraction of sp³-hybridized carbons (Fsp3) is 0.607. The number of hydrogen-bond donors (Lipinski definition) is 3. The van der Waals surface area contributed by atoms with E-state index >= 15 is 0 Å². The molecule has 3 unspecified atom stereocenters. The van der Waals surface area contributed by atoms with Crippen LogP contribution in [-0.4, -0.2) is 46.9 Å². The second kappa shape index (κ2) is 19.3. The van der Waals surface area contributed by atoms with E-state index in [-0.39, 0.29) is 24.2 Å². The number of carboxylic acids is 1. The average molecular weight is 508 g/mol. The highest BCUT2D eigenvalue weighted by Crippen LogP contribution is 2.39. The molecule has 1 saturated heterocycles. The van der Waals surface area contributed by atoms with Crippen LogP contribution in [0.25, 0.3) is 0 Å². The van der Waals surface area contributed by atoms with Crippen LogP contribution >= 0.6 is 0 Å². The summed E-state index contributed by atoms with van der Waals surface area (Å²) in [4.78, 5) is 35.1. The normalized spacial score (nSPS) is 19.6. The van der Waals surface area contributed by atoms with Crippen LogP contribution in [-0.2, 0) is 14.4 Å². The van der Waals surface area contributed by atoms with Gasteiger partial charge in [0.15, 0.2) is 0 Å². The smallest absolute Gasteiger partial charge is 0.307 e. The van der Waals surface area contributed by atoms with Crippen LogP contribution in [0.15, 0.2) is 36.4 Å². The monoisotopic (exact) mass is 507 g/mol. The maximum Gasteiger partial charge on any atom is 0.307 e. The van der Waals surface area contributed by atoms with E-state index in [9.17, 15) is 18.8 Å². The number of anilines is 1. The van der Waals surface area contributed by atoms with E-state index < -0.39 is 17.9 Å². The number of carbonyl (C=O) groups is 3. The number of nitrogens with two attached hydrogens (primary N) is 1. The number of nitrogens with one attached hydrogen (secondary N) is 1. The summed E-state index contributed by atoms with van der Waals surface area (Å²) in [5, 5.41) is 11.5. The summed E-state index contributed by atoms with van der Waals surface area (Å²) in [6.45, 7) is 10.7. The zero-order valence-corrected chi connectivity index (χ0v) is 22.6. The lowest BCUT2D eigenvalue weighted by Crippen LogP contribution is -2.45. The number of carboxylic acid groups (broad SMARTS) is 1. The first kappa shape index (κ1) is 33.1. The molecule has 2 fully saturated rings. The predicted molar refractivity (Wildman–Crippen MR) is 144 cm³/mol.